The highest BCUT2D eigenvalue weighted by molar-refractivity contribution is 6.30. The van der Waals surface area contributed by atoms with Gasteiger partial charge in [0.15, 0.2) is 0 Å². The second kappa shape index (κ2) is 7.99. The molecule has 0 unspecified atom stereocenters. The molecule has 1 spiro atoms. The number of aromatic hydroxyl groups is 1. The summed E-state index contributed by atoms with van der Waals surface area (Å²) in [5.74, 6) is -0.577. The molecule has 2 heterocycles. The van der Waals surface area contributed by atoms with E-state index in [9.17, 15) is 19.4 Å². The van der Waals surface area contributed by atoms with Crippen molar-refractivity contribution in [3.63, 3.8) is 0 Å². The number of aliphatic carboxylic acids is 1. The molecule has 0 amide bonds. The van der Waals surface area contributed by atoms with Gasteiger partial charge in [-0.15, -0.1) is 0 Å². The van der Waals surface area contributed by atoms with E-state index in [2.05, 4.69) is 4.57 Å². The Hall–Kier alpha value is -2.57. The lowest BCUT2D eigenvalue weighted by Gasteiger charge is -2.57. The summed E-state index contributed by atoms with van der Waals surface area (Å²) in [5.41, 5.74) is 4.34. The van der Waals surface area contributed by atoms with Crippen LogP contribution < -0.4 is 0 Å². The fraction of sp³-hybridized carbons (Fsp3) is 0.444. The molecule has 2 aromatic carbocycles. The van der Waals surface area contributed by atoms with Crippen molar-refractivity contribution in [1.82, 2.24) is 4.57 Å². The van der Waals surface area contributed by atoms with Gasteiger partial charge in [-0.25, -0.2) is 4.39 Å². The maximum Gasteiger partial charge on any atom is 0.306 e. The molecule has 3 aliphatic rings. The van der Waals surface area contributed by atoms with Crippen LogP contribution in [-0.4, -0.2) is 34.0 Å². The minimum Gasteiger partial charge on any atom is -0.508 e. The first-order chi connectivity index (χ1) is 16.3. The summed E-state index contributed by atoms with van der Waals surface area (Å²) in [6, 6.07) is 10.3. The first-order valence-corrected chi connectivity index (χ1v) is 12.4. The average molecular weight is 484 g/mol. The van der Waals surface area contributed by atoms with E-state index in [4.69, 9.17) is 16.3 Å². The van der Waals surface area contributed by atoms with E-state index >= 15 is 0 Å². The van der Waals surface area contributed by atoms with Gasteiger partial charge < -0.3 is 19.5 Å². The summed E-state index contributed by atoms with van der Waals surface area (Å²) >= 11 is 6.19. The summed E-state index contributed by atoms with van der Waals surface area (Å²) in [4.78, 5) is 11.4. The summed E-state index contributed by atoms with van der Waals surface area (Å²) in [6.07, 6.45) is 5.22. The SMILES string of the molecule is O=C(O)[C@H]1CC2(C1)C[C@H](c1c(C3CCOCC3)n(-c3ccc(F)c(Cl)c3)c3ccc(O)cc31)C2. The third kappa shape index (κ3) is 3.42. The van der Waals surface area contributed by atoms with E-state index in [1.54, 1.807) is 18.2 Å². The highest BCUT2D eigenvalue weighted by Gasteiger charge is 2.56. The van der Waals surface area contributed by atoms with E-state index in [1.807, 2.05) is 12.1 Å². The number of carbonyl (C=O) groups is 1. The quantitative estimate of drug-likeness (QED) is 0.451. The van der Waals surface area contributed by atoms with Crippen molar-refractivity contribution >= 4 is 28.5 Å². The number of aromatic nitrogens is 1. The first-order valence-electron chi connectivity index (χ1n) is 12.0. The van der Waals surface area contributed by atoms with Crippen LogP contribution in [0.15, 0.2) is 36.4 Å². The van der Waals surface area contributed by atoms with E-state index < -0.39 is 11.8 Å². The normalized spacial score (nSPS) is 27.0. The van der Waals surface area contributed by atoms with Crippen LogP contribution in [0.25, 0.3) is 16.6 Å². The lowest BCUT2D eigenvalue weighted by molar-refractivity contribution is -0.155. The van der Waals surface area contributed by atoms with Crippen LogP contribution in [0.3, 0.4) is 0 Å². The molecular formula is C27H27ClFNO4. The Morgan fingerprint density at radius 1 is 1.06 bits per heavy atom. The van der Waals surface area contributed by atoms with Gasteiger partial charge in [0.1, 0.15) is 11.6 Å². The molecule has 0 bridgehead atoms. The fourth-order valence-electron chi connectivity index (χ4n) is 6.71. The first kappa shape index (κ1) is 21.9. The van der Waals surface area contributed by atoms with Gasteiger partial charge in [-0.1, -0.05) is 11.6 Å². The zero-order valence-corrected chi connectivity index (χ0v) is 19.5. The highest BCUT2D eigenvalue weighted by atomic mass is 35.5. The van der Waals surface area contributed by atoms with Gasteiger partial charge >= 0.3 is 5.97 Å². The Bertz CT molecular complexity index is 1280. The lowest BCUT2D eigenvalue weighted by Crippen LogP contribution is -2.49. The standard InChI is InChI=1S/C27H27ClFNO4/c28-21-9-18(1-3-22(21)29)30-23-4-2-19(31)10-20(23)24(25(30)15-5-7-34-8-6-15)16-11-27(12-16)13-17(14-27)26(32)33/h1-4,9-10,15-17,31H,5-8,11-14H2,(H,32,33)/t16-,17-,27?. The molecule has 178 valence electrons. The summed E-state index contributed by atoms with van der Waals surface area (Å²) in [6.45, 7) is 1.38. The number of carboxylic acid groups (broad SMARTS) is 1. The zero-order chi connectivity index (χ0) is 23.6. The molecule has 7 heteroatoms. The smallest absolute Gasteiger partial charge is 0.306 e. The number of fused-ring (bicyclic) bond motifs is 1. The van der Waals surface area contributed by atoms with Crippen LogP contribution in [0.1, 0.15) is 61.6 Å². The topological polar surface area (TPSA) is 71.7 Å². The van der Waals surface area contributed by atoms with Gasteiger partial charge in [-0.2, -0.15) is 0 Å². The second-order valence-corrected chi connectivity index (χ2v) is 10.8. The molecule has 3 aromatic rings. The van der Waals surface area contributed by atoms with Crippen molar-refractivity contribution in [3.8, 4) is 11.4 Å². The summed E-state index contributed by atoms with van der Waals surface area (Å²) in [5, 5.41) is 20.8. The number of benzene rings is 2. The number of carboxylic acids is 1. The molecule has 2 N–H and O–H groups in total. The maximum atomic E-state index is 14.0. The van der Waals surface area contributed by atoms with Crippen LogP contribution in [0, 0.1) is 17.2 Å². The lowest BCUT2D eigenvalue weighted by atomic mass is 9.47. The fourth-order valence-corrected chi connectivity index (χ4v) is 6.89. The number of halogens is 2. The molecule has 34 heavy (non-hydrogen) atoms. The van der Waals surface area contributed by atoms with Crippen LogP contribution in [0.4, 0.5) is 4.39 Å². The zero-order valence-electron chi connectivity index (χ0n) is 18.8. The van der Waals surface area contributed by atoms with Gasteiger partial charge in [-0.3, -0.25) is 4.79 Å². The molecule has 1 aromatic heterocycles. The molecule has 6 rings (SSSR count). The number of phenolic OH excluding ortho intramolecular Hbond substituents is 1. The van der Waals surface area contributed by atoms with Gasteiger partial charge in [-0.05, 0) is 91.8 Å². The van der Waals surface area contributed by atoms with Crippen molar-refractivity contribution in [1.29, 1.82) is 0 Å². The van der Waals surface area contributed by atoms with Crippen molar-refractivity contribution in [2.75, 3.05) is 13.2 Å². The van der Waals surface area contributed by atoms with Gasteiger partial charge in [0.25, 0.3) is 0 Å². The van der Waals surface area contributed by atoms with E-state index in [0.29, 0.717) is 19.1 Å². The third-order valence-electron chi connectivity index (χ3n) is 8.27. The van der Waals surface area contributed by atoms with Crippen molar-refractivity contribution in [2.24, 2.45) is 11.3 Å². The average Bonchev–Trinajstić information content (AvgIpc) is 3.08. The molecule has 0 radical (unpaired) electrons. The minimum atomic E-state index is -0.688. The molecule has 2 saturated carbocycles. The third-order valence-corrected chi connectivity index (χ3v) is 8.56. The Balaban J connectivity index is 1.50. The molecule has 0 atom stereocenters. The molecular weight excluding hydrogens is 457 g/mol. The monoisotopic (exact) mass is 483 g/mol. The van der Waals surface area contributed by atoms with Crippen molar-refractivity contribution in [2.45, 2.75) is 50.4 Å². The van der Waals surface area contributed by atoms with Crippen molar-refractivity contribution in [3.05, 3.63) is 58.5 Å². The number of nitrogens with zero attached hydrogens (tertiary/aromatic N) is 1. The van der Waals surface area contributed by atoms with E-state index in [0.717, 1.165) is 55.1 Å². The minimum absolute atomic E-state index is 0.0781. The summed E-state index contributed by atoms with van der Waals surface area (Å²) < 4.78 is 21.9. The Labute approximate surface area is 202 Å². The Kier molecular flexibility index (Phi) is 5.15. The van der Waals surface area contributed by atoms with Crippen LogP contribution in [0.5, 0.6) is 5.75 Å². The van der Waals surface area contributed by atoms with Crippen molar-refractivity contribution < 1.29 is 24.1 Å². The second-order valence-electron chi connectivity index (χ2n) is 10.4. The predicted octanol–water partition coefficient (Wildman–Crippen LogP) is 6.38. The predicted molar refractivity (Wildman–Crippen MR) is 127 cm³/mol. The molecule has 1 aliphatic heterocycles. The number of phenols is 1. The van der Waals surface area contributed by atoms with Gasteiger partial charge in [0.05, 0.1) is 16.5 Å². The molecule has 2 aliphatic carbocycles. The highest BCUT2D eigenvalue weighted by Crippen LogP contribution is 2.65. The van der Waals surface area contributed by atoms with Crippen LogP contribution >= 0.6 is 11.6 Å². The largest absolute Gasteiger partial charge is 0.508 e. The maximum absolute atomic E-state index is 14.0. The number of hydrogen-bond acceptors (Lipinski definition) is 3. The van der Waals surface area contributed by atoms with Crippen LogP contribution in [0.2, 0.25) is 5.02 Å². The Morgan fingerprint density at radius 3 is 2.47 bits per heavy atom. The molecule has 3 fully saturated rings. The number of hydrogen-bond donors (Lipinski definition) is 2. The Morgan fingerprint density at radius 2 is 1.79 bits per heavy atom. The van der Waals surface area contributed by atoms with Gasteiger partial charge in [0.2, 0.25) is 0 Å². The number of rotatable bonds is 4. The van der Waals surface area contributed by atoms with E-state index in [1.165, 1.54) is 17.3 Å². The number of ether oxygens (including phenoxy) is 1. The molecule has 1 saturated heterocycles. The molecule has 5 nitrogen and oxygen atoms in total. The van der Waals surface area contributed by atoms with Crippen LogP contribution in [-0.2, 0) is 9.53 Å². The summed E-state index contributed by atoms with van der Waals surface area (Å²) in [7, 11) is 0. The van der Waals surface area contributed by atoms with Gasteiger partial charge in [0, 0.05) is 35.9 Å². The van der Waals surface area contributed by atoms with E-state index in [-0.39, 0.29) is 28.0 Å².